The van der Waals surface area contributed by atoms with Crippen LogP contribution in [0.4, 0.5) is 15.4 Å². The third-order valence-electron chi connectivity index (χ3n) is 3.91. The summed E-state index contributed by atoms with van der Waals surface area (Å²) >= 11 is 0. The Morgan fingerprint density at radius 1 is 1.45 bits per heavy atom. The first-order valence-corrected chi connectivity index (χ1v) is 6.61. The number of hydrogen-bond acceptors (Lipinski definition) is 4. The molecule has 3 heterocycles. The van der Waals surface area contributed by atoms with E-state index in [1.807, 2.05) is 12.1 Å². The van der Waals surface area contributed by atoms with Gasteiger partial charge < -0.3 is 15.4 Å². The molecule has 1 saturated heterocycles. The lowest BCUT2D eigenvalue weighted by atomic mass is 9.86. The number of rotatable bonds is 0. The number of hydrogen-bond donors (Lipinski definition) is 2. The number of nitrogens with one attached hydrogen (secondary N) is 1. The van der Waals surface area contributed by atoms with Crippen LogP contribution in [0.25, 0.3) is 0 Å². The monoisotopic (exact) mass is 276 g/mol. The van der Waals surface area contributed by atoms with Gasteiger partial charge in [0.2, 0.25) is 0 Å². The molecular weight excluding hydrogens is 260 g/mol. The molecular formula is C13H16N4O3. The molecule has 1 unspecified atom stereocenters. The molecule has 1 aromatic heterocycles. The van der Waals surface area contributed by atoms with Crippen LogP contribution in [-0.2, 0) is 10.3 Å². The lowest BCUT2D eigenvalue weighted by molar-refractivity contribution is -0.000288. The van der Waals surface area contributed by atoms with Gasteiger partial charge in [0.1, 0.15) is 11.4 Å². The molecule has 0 saturated carbocycles. The fourth-order valence-corrected chi connectivity index (χ4v) is 2.93. The topological polar surface area (TPSA) is 97.5 Å². The largest absolute Gasteiger partial charge is 0.438 e. The highest BCUT2D eigenvalue weighted by Gasteiger charge is 2.43. The Hall–Kier alpha value is -2.31. The molecule has 2 aliphatic rings. The second-order valence-corrected chi connectivity index (χ2v) is 5.09. The van der Waals surface area contributed by atoms with E-state index in [4.69, 9.17) is 10.5 Å². The number of likely N-dealkylation sites (tertiary alicyclic amines) is 1. The van der Waals surface area contributed by atoms with Crippen molar-refractivity contribution in [1.82, 2.24) is 9.88 Å². The number of aromatic nitrogens is 1. The quantitative estimate of drug-likeness (QED) is 0.748. The van der Waals surface area contributed by atoms with Crippen LogP contribution in [-0.4, -0.2) is 35.1 Å². The molecule has 0 bridgehead atoms. The summed E-state index contributed by atoms with van der Waals surface area (Å²) in [5.74, 6) is 0.538. The van der Waals surface area contributed by atoms with E-state index in [1.54, 1.807) is 11.1 Å². The van der Waals surface area contributed by atoms with Crippen LogP contribution in [0.1, 0.15) is 24.8 Å². The van der Waals surface area contributed by atoms with Crippen molar-refractivity contribution in [2.75, 3.05) is 18.4 Å². The van der Waals surface area contributed by atoms with Gasteiger partial charge in [-0.25, -0.2) is 14.6 Å². The first-order valence-electron chi connectivity index (χ1n) is 6.61. The fourth-order valence-electron chi connectivity index (χ4n) is 2.93. The zero-order valence-corrected chi connectivity index (χ0v) is 11.0. The zero-order chi connectivity index (χ0) is 14.2. The smallest absolute Gasteiger partial charge is 0.413 e. The van der Waals surface area contributed by atoms with Gasteiger partial charge in [-0.1, -0.05) is 0 Å². The Labute approximate surface area is 116 Å². The molecule has 106 valence electrons. The first kappa shape index (κ1) is 12.7. The maximum Gasteiger partial charge on any atom is 0.413 e. The predicted molar refractivity (Wildman–Crippen MR) is 71.0 cm³/mol. The van der Waals surface area contributed by atoms with Crippen LogP contribution in [0.3, 0.4) is 0 Å². The van der Waals surface area contributed by atoms with Crippen molar-refractivity contribution in [2.45, 2.75) is 24.9 Å². The molecule has 3 N–H and O–H groups in total. The van der Waals surface area contributed by atoms with Crippen molar-refractivity contribution in [2.24, 2.45) is 5.73 Å². The van der Waals surface area contributed by atoms with Crippen LogP contribution < -0.4 is 11.1 Å². The highest BCUT2D eigenvalue weighted by atomic mass is 16.6. The summed E-state index contributed by atoms with van der Waals surface area (Å²) in [7, 11) is 0. The molecule has 20 heavy (non-hydrogen) atoms. The van der Waals surface area contributed by atoms with Crippen molar-refractivity contribution in [1.29, 1.82) is 0 Å². The summed E-state index contributed by atoms with van der Waals surface area (Å²) in [4.78, 5) is 28.8. The highest BCUT2D eigenvalue weighted by Crippen LogP contribution is 2.42. The third kappa shape index (κ3) is 2.04. The van der Waals surface area contributed by atoms with Crippen molar-refractivity contribution in [3.8, 4) is 0 Å². The van der Waals surface area contributed by atoms with Crippen LogP contribution >= 0.6 is 0 Å². The van der Waals surface area contributed by atoms with Gasteiger partial charge in [-0.2, -0.15) is 0 Å². The second kappa shape index (κ2) is 4.66. The number of carbonyl (C=O) groups excluding carboxylic acids is 2. The molecule has 2 aliphatic heterocycles. The Kier molecular flexibility index (Phi) is 2.96. The lowest BCUT2D eigenvalue weighted by Crippen LogP contribution is -2.41. The van der Waals surface area contributed by atoms with Crippen LogP contribution in [0.2, 0.25) is 0 Å². The molecule has 0 radical (unpaired) electrons. The van der Waals surface area contributed by atoms with Gasteiger partial charge >= 0.3 is 12.1 Å². The average Bonchev–Trinajstić information content (AvgIpc) is 2.62. The molecule has 0 aliphatic carbocycles. The molecule has 1 aromatic rings. The van der Waals surface area contributed by atoms with E-state index >= 15 is 0 Å². The number of nitrogens with two attached hydrogens (primary N) is 1. The third-order valence-corrected chi connectivity index (χ3v) is 3.91. The normalized spacial score (nSPS) is 25.4. The summed E-state index contributed by atoms with van der Waals surface area (Å²) in [6, 6.07) is 3.29. The Balaban J connectivity index is 1.95. The number of ether oxygens (including phenoxy) is 1. The van der Waals surface area contributed by atoms with E-state index in [9.17, 15) is 9.59 Å². The number of urea groups is 1. The van der Waals surface area contributed by atoms with Gasteiger partial charge in [0.05, 0.1) is 0 Å². The van der Waals surface area contributed by atoms with Gasteiger partial charge in [-0.15, -0.1) is 0 Å². The first-order chi connectivity index (χ1) is 9.61. The highest BCUT2D eigenvalue weighted by molar-refractivity contribution is 5.87. The zero-order valence-electron chi connectivity index (χ0n) is 11.0. The van der Waals surface area contributed by atoms with E-state index < -0.39 is 17.7 Å². The minimum absolute atomic E-state index is 0.436. The van der Waals surface area contributed by atoms with Crippen molar-refractivity contribution in [3.05, 3.63) is 23.9 Å². The van der Waals surface area contributed by atoms with Crippen LogP contribution in [0.15, 0.2) is 18.3 Å². The minimum Gasteiger partial charge on any atom is -0.438 e. The van der Waals surface area contributed by atoms with Crippen molar-refractivity contribution < 1.29 is 14.3 Å². The SMILES string of the molecule is NC(=O)N1CCCC2(CC1)OC(=O)Nc1ncccc12. The summed E-state index contributed by atoms with van der Waals surface area (Å²) < 4.78 is 5.58. The van der Waals surface area contributed by atoms with Gasteiger partial charge in [0.25, 0.3) is 0 Å². The number of fused-ring (bicyclic) bond motifs is 2. The standard InChI is InChI=1S/C13H16N4O3/c14-11(18)17-7-2-4-13(5-8-17)9-3-1-6-15-10(9)16-12(19)20-13/h1,3,6H,2,4-5,7-8H2,(H2,14,18)(H,15,16,19). The number of amides is 3. The maximum absolute atomic E-state index is 11.7. The molecule has 0 aromatic carbocycles. The van der Waals surface area contributed by atoms with Crippen molar-refractivity contribution >= 4 is 17.9 Å². The molecule has 3 rings (SSSR count). The molecule has 1 atom stereocenters. The minimum atomic E-state index is -0.712. The fraction of sp³-hybridized carbons (Fsp3) is 0.462. The molecule has 1 fully saturated rings. The number of carbonyl (C=O) groups is 2. The van der Waals surface area contributed by atoms with E-state index in [1.165, 1.54) is 0 Å². The maximum atomic E-state index is 11.7. The van der Waals surface area contributed by atoms with E-state index in [2.05, 4.69) is 10.3 Å². The average molecular weight is 276 g/mol. The van der Waals surface area contributed by atoms with Gasteiger partial charge in [-0.3, -0.25) is 5.32 Å². The number of nitrogens with zero attached hydrogens (tertiary/aromatic N) is 2. The van der Waals surface area contributed by atoms with E-state index in [0.717, 1.165) is 12.0 Å². The molecule has 3 amide bonds. The second-order valence-electron chi connectivity index (χ2n) is 5.09. The summed E-state index contributed by atoms with van der Waals surface area (Å²) in [6.45, 7) is 1.05. The molecule has 7 nitrogen and oxygen atoms in total. The van der Waals surface area contributed by atoms with E-state index in [0.29, 0.717) is 31.7 Å². The van der Waals surface area contributed by atoms with Gasteiger partial charge in [0.15, 0.2) is 0 Å². The number of pyridine rings is 1. The van der Waals surface area contributed by atoms with Crippen molar-refractivity contribution in [3.63, 3.8) is 0 Å². The Morgan fingerprint density at radius 3 is 3.10 bits per heavy atom. The molecule has 7 heteroatoms. The Morgan fingerprint density at radius 2 is 2.30 bits per heavy atom. The number of primary amides is 1. The number of anilines is 1. The van der Waals surface area contributed by atoms with Crippen LogP contribution in [0.5, 0.6) is 0 Å². The summed E-state index contributed by atoms with van der Waals surface area (Å²) in [6.07, 6.45) is 3.05. The summed E-state index contributed by atoms with van der Waals surface area (Å²) in [5, 5.41) is 2.61. The molecule has 1 spiro atoms. The summed E-state index contributed by atoms with van der Waals surface area (Å²) in [5.41, 5.74) is 5.49. The Bertz CT molecular complexity index is 562. The van der Waals surface area contributed by atoms with Gasteiger partial charge in [0, 0.05) is 31.3 Å². The van der Waals surface area contributed by atoms with E-state index in [-0.39, 0.29) is 0 Å². The van der Waals surface area contributed by atoms with Crippen LogP contribution in [0, 0.1) is 0 Å². The lowest BCUT2D eigenvalue weighted by Gasteiger charge is -2.37. The predicted octanol–water partition coefficient (Wildman–Crippen LogP) is 1.40. The van der Waals surface area contributed by atoms with Gasteiger partial charge in [-0.05, 0) is 25.0 Å².